The number of pyridine rings is 1. The fourth-order valence-electron chi connectivity index (χ4n) is 3.30. The molecule has 0 unspecified atom stereocenters. The Kier molecular flexibility index (Phi) is 5.88. The molecule has 2 aromatic carbocycles. The summed E-state index contributed by atoms with van der Waals surface area (Å²) in [5, 5.41) is 0. The molecule has 2 heterocycles. The zero-order valence-electron chi connectivity index (χ0n) is 17.1. The normalized spacial score (nSPS) is 11.5. The molecule has 8 nitrogen and oxygen atoms in total. The molecule has 4 rings (SSSR count). The zero-order valence-corrected chi connectivity index (χ0v) is 18.0. The number of nitrogens with one attached hydrogen (secondary N) is 1. The highest BCUT2D eigenvalue weighted by Gasteiger charge is 2.22. The lowest BCUT2D eigenvalue weighted by Crippen LogP contribution is -2.25. The number of ether oxygens (including phenoxy) is 2. The Morgan fingerprint density at radius 2 is 1.81 bits per heavy atom. The number of hydrogen-bond acceptors (Lipinski definition) is 6. The molecule has 0 aliphatic rings. The van der Waals surface area contributed by atoms with Gasteiger partial charge in [0.1, 0.15) is 27.7 Å². The third kappa shape index (κ3) is 4.37. The van der Waals surface area contributed by atoms with Gasteiger partial charge in [0.25, 0.3) is 0 Å². The number of hydrogen-bond donors (Lipinski definition) is 1. The van der Waals surface area contributed by atoms with Crippen molar-refractivity contribution in [3.05, 3.63) is 78.2 Å². The van der Waals surface area contributed by atoms with E-state index in [1.807, 2.05) is 41.0 Å². The van der Waals surface area contributed by atoms with Crippen LogP contribution in [0.25, 0.3) is 11.2 Å². The van der Waals surface area contributed by atoms with Crippen LogP contribution in [0.3, 0.4) is 0 Å². The van der Waals surface area contributed by atoms with Gasteiger partial charge >= 0.3 is 0 Å². The van der Waals surface area contributed by atoms with Crippen molar-refractivity contribution in [2.45, 2.75) is 18.0 Å². The fraction of sp³-hybridized carbons (Fsp3) is 0.182. The Morgan fingerprint density at radius 3 is 2.55 bits per heavy atom. The second-order valence-corrected chi connectivity index (χ2v) is 8.52. The summed E-state index contributed by atoms with van der Waals surface area (Å²) < 4.78 is 41.0. The molecule has 0 saturated heterocycles. The van der Waals surface area contributed by atoms with Gasteiger partial charge in [0, 0.05) is 12.3 Å². The molecule has 160 valence electrons. The maximum absolute atomic E-state index is 13.0. The van der Waals surface area contributed by atoms with Gasteiger partial charge in [0.2, 0.25) is 10.0 Å². The van der Waals surface area contributed by atoms with E-state index in [2.05, 4.69) is 14.7 Å². The number of benzene rings is 2. The molecule has 0 aliphatic heterocycles. The summed E-state index contributed by atoms with van der Waals surface area (Å²) in [5.41, 5.74) is 2.46. The quantitative estimate of drug-likeness (QED) is 0.454. The van der Waals surface area contributed by atoms with Gasteiger partial charge in [-0.15, -0.1) is 0 Å². The number of sulfonamides is 1. The molecule has 9 heteroatoms. The molecule has 0 aliphatic carbocycles. The average Bonchev–Trinajstić information content (AvgIpc) is 3.15. The summed E-state index contributed by atoms with van der Waals surface area (Å²) in [4.78, 5) is 9.04. The third-order valence-corrected chi connectivity index (χ3v) is 6.27. The summed E-state index contributed by atoms with van der Waals surface area (Å²) in [6, 6.07) is 18.2. The van der Waals surface area contributed by atoms with Gasteiger partial charge in [0.05, 0.1) is 27.3 Å². The minimum atomic E-state index is -3.89. The van der Waals surface area contributed by atoms with Gasteiger partial charge in [0.15, 0.2) is 5.65 Å². The summed E-state index contributed by atoms with van der Waals surface area (Å²) in [7, 11) is -0.990. The molecule has 0 saturated carbocycles. The predicted octanol–water partition coefficient (Wildman–Crippen LogP) is 2.98. The van der Waals surface area contributed by atoms with Crippen LogP contribution in [0.5, 0.6) is 11.5 Å². The summed E-state index contributed by atoms with van der Waals surface area (Å²) in [5.74, 6) is 1.21. The van der Waals surface area contributed by atoms with Crippen LogP contribution in [0.4, 0.5) is 0 Å². The standard InChI is InChI=1S/C22H22N4O4S/c1-29-17-10-11-19(30-2)20(13-17)31(27,28)24-14-21-25-18-9-6-12-23-22(18)26(21)15-16-7-4-3-5-8-16/h3-13,24H,14-15H2,1-2H3. The van der Waals surface area contributed by atoms with Gasteiger partial charge in [-0.25, -0.2) is 23.1 Å². The van der Waals surface area contributed by atoms with Crippen molar-refractivity contribution < 1.29 is 17.9 Å². The van der Waals surface area contributed by atoms with Gasteiger partial charge < -0.3 is 14.0 Å². The van der Waals surface area contributed by atoms with Crippen molar-refractivity contribution in [2.75, 3.05) is 14.2 Å². The Labute approximate surface area is 180 Å². The largest absolute Gasteiger partial charge is 0.497 e. The average molecular weight is 439 g/mol. The molecule has 0 spiro atoms. The van der Waals surface area contributed by atoms with Crippen molar-refractivity contribution in [3.8, 4) is 11.5 Å². The van der Waals surface area contributed by atoms with Gasteiger partial charge in [-0.1, -0.05) is 30.3 Å². The van der Waals surface area contributed by atoms with Crippen LogP contribution in [-0.2, 0) is 23.1 Å². The first-order valence-electron chi connectivity index (χ1n) is 9.57. The molecule has 1 N–H and O–H groups in total. The van der Waals surface area contributed by atoms with E-state index in [4.69, 9.17) is 9.47 Å². The van der Waals surface area contributed by atoms with Crippen molar-refractivity contribution in [1.82, 2.24) is 19.3 Å². The SMILES string of the molecule is COc1ccc(OC)c(S(=O)(=O)NCc2nc3cccnc3n2Cc2ccccc2)c1. The van der Waals surface area contributed by atoms with Crippen LogP contribution in [0.2, 0.25) is 0 Å². The Balaban J connectivity index is 1.67. The highest BCUT2D eigenvalue weighted by Crippen LogP contribution is 2.28. The van der Waals surface area contributed by atoms with E-state index in [0.29, 0.717) is 29.3 Å². The van der Waals surface area contributed by atoms with E-state index in [9.17, 15) is 8.42 Å². The van der Waals surface area contributed by atoms with Crippen LogP contribution in [-0.4, -0.2) is 37.2 Å². The zero-order chi connectivity index (χ0) is 21.8. The van der Waals surface area contributed by atoms with Crippen LogP contribution in [0.1, 0.15) is 11.4 Å². The maximum Gasteiger partial charge on any atom is 0.244 e. The summed E-state index contributed by atoms with van der Waals surface area (Å²) in [6.45, 7) is 0.514. The molecular formula is C22H22N4O4S. The van der Waals surface area contributed by atoms with Crippen molar-refractivity contribution in [3.63, 3.8) is 0 Å². The van der Waals surface area contributed by atoms with E-state index in [-0.39, 0.29) is 17.2 Å². The minimum Gasteiger partial charge on any atom is -0.497 e. The van der Waals surface area contributed by atoms with Crippen molar-refractivity contribution in [1.29, 1.82) is 0 Å². The smallest absolute Gasteiger partial charge is 0.244 e. The first-order chi connectivity index (χ1) is 15.0. The highest BCUT2D eigenvalue weighted by molar-refractivity contribution is 7.89. The number of rotatable bonds is 8. The first-order valence-corrected chi connectivity index (χ1v) is 11.1. The molecule has 0 fully saturated rings. The van der Waals surface area contributed by atoms with Crippen LogP contribution >= 0.6 is 0 Å². The van der Waals surface area contributed by atoms with Crippen LogP contribution in [0, 0.1) is 0 Å². The van der Waals surface area contributed by atoms with E-state index in [1.165, 1.54) is 20.3 Å². The molecule has 0 atom stereocenters. The molecule has 0 amide bonds. The first kappa shape index (κ1) is 20.8. The van der Waals surface area contributed by atoms with E-state index >= 15 is 0 Å². The lowest BCUT2D eigenvalue weighted by Gasteiger charge is -2.13. The van der Waals surface area contributed by atoms with Crippen molar-refractivity contribution >= 4 is 21.2 Å². The second kappa shape index (κ2) is 8.75. The molecular weight excluding hydrogens is 416 g/mol. The number of aromatic nitrogens is 3. The molecule has 0 bridgehead atoms. The van der Waals surface area contributed by atoms with Crippen molar-refractivity contribution in [2.24, 2.45) is 0 Å². The van der Waals surface area contributed by atoms with Gasteiger partial charge in [-0.2, -0.15) is 0 Å². The Bertz CT molecular complexity index is 1300. The lowest BCUT2D eigenvalue weighted by molar-refractivity contribution is 0.392. The van der Waals surface area contributed by atoms with E-state index < -0.39 is 10.0 Å². The number of methoxy groups -OCH3 is 2. The minimum absolute atomic E-state index is 0.00167. The summed E-state index contributed by atoms with van der Waals surface area (Å²) in [6.07, 6.45) is 1.70. The monoisotopic (exact) mass is 438 g/mol. The van der Waals surface area contributed by atoms with E-state index in [0.717, 1.165) is 5.56 Å². The van der Waals surface area contributed by atoms with E-state index in [1.54, 1.807) is 24.4 Å². The predicted molar refractivity (Wildman–Crippen MR) is 117 cm³/mol. The third-order valence-electron chi connectivity index (χ3n) is 4.85. The molecule has 0 radical (unpaired) electrons. The molecule has 4 aromatic rings. The van der Waals surface area contributed by atoms with Crippen LogP contribution < -0.4 is 14.2 Å². The van der Waals surface area contributed by atoms with Crippen LogP contribution in [0.15, 0.2) is 71.8 Å². The Hall–Kier alpha value is -3.43. The molecule has 2 aromatic heterocycles. The Morgan fingerprint density at radius 1 is 1.00 bits per heavy atom. The topological polar surface area (TPSA) is 95.3 Å². The van der Waals surface area contributed by atoms with Gasteiger partial charge in [-0.05, 0) is 29.8 Å². The molecule has 31 heavy (non-hydrogen) atoms. The second-order valence-electron chi connectivity index (χ2n) is 6.79. The lowest BCUT2D eigenvalue weighted by atomic mass is 10.2. The number of fused-ring (bicyclic) bond motifs is 1. The maximum atomic E-state index is 13.0. The number of imidazole rings is 1. The highest BCUT2D eigenvalue weighted by atomic mass is 32.2. The van der Waals surface area contributed by atoms with Gasteiger partial charge in [-0.3, -0.25) is 0 Å². The number of nitrogens with zero attached hydrogens (tertiary/aromatic N) is 3. The fourth-order valence-corrected chi connectivity index (χ4v) is 4.47. The summed E-state index contributed by atoms with van der Waals surface area (Å²) >= 11 is 0.